The van der Waals surface area contributed by atoms with E-state index in [2.05, 4.69) is 4.90 Å². The van der Waals surface area contributed by atoms with Gasteiger partial charge >= 0.3 is 5.97 Å². The van der Waals surface area contributed by atoms with Gasteiger partial charge in [-0.05, 0) is 30.7 Å². The van der Waals surface area contributed by atoms with Crippen LogP contribution in [0.25, 0.3) is 11.8 Å². The minimum Gasteiger partial charge on any atom is -0.497 e. The van der Waals surface area contributed by atoms with Gasteiger partial charge in [-0.3, -0.25) is 9.36 Å². The number of carbonyl (C=O) groups is 1. The number of rotatable bonds is 7. The standard InChI is InChI=1S/C31H29N3O6S/c1-3-39-30(36)26-27(20-8-5-4-6-9-20)32-31-34(28(26)21-10-7-11-22(18-21)37-2)29(35)24(41-31)19-23-12-13-25(40-23)33-14-16-38-17-15-33/h4-13,18-19,28H,3,14-17H2,1-2H3/b24-19+/t28-/m1/s1. The number of furan rings is 1. The molecule has 1 atom stereocenters. The van der Waals surface area contributed by atoms with Crippen LogP contribution in [-0.4, -0.2) is 50.6 Å². The summed E-state index contributed by atoms with van der Waals surface area (Å²) >= 11 is 1.25. The van der Waals surface area contributed by atoms with Gasteiger partial charge in [0.25, 0.3) is 5.56 Å². The number of hydrogen-bond donors (Lipinski definition) is 0. The number of anilines is 1. The predicted molar refractivity (Wildman–Crippen MR) is 156 cm³/mol. The minimum absolute atomic E-state index is 0.184. The molecule has 0 unspecified atom stereocenters. The maximum absolute atomic E-state index is 14.0. The maximum Gasteiger partial charge on any atom is 0.338 e. The van der Waals surface area contributed by atoms with Gasteiger partial charge in [-0.25, -0.2) is 9.79 Å². The molecule has 9 nitrogen and oxygen atoms in total. The number of esters is 1. The minimum atomic E-state index is -0.779. The lowest BCUT2D eigenvalue weighted by Gasteiger charge is -2.26. The molecule has 1 fully saturated rings. The normalized spacial score (nSPS) is 17.3. The Kier molecular flexibility index (Phi) is 7.58. The zero-order chi connectivity index (χ0) is 28.3. The molecule has 0 saturated carbocycles. The van der Waals surface area contributed by atoms with Crippen LogP contribution >= 0.6 is 11.3 Å². The summed E-state index contributed by atoms with van der Waals surface area (Å²) in [6.45, 7) is 4.72. The Balaban J connectivity index is 1.55. The van der Waals surface area contributed by atoms with Crippen molar-refractivity contribution in [2.75, 3.05) is 44.9 Å². The summed E-state index contributed by atoms with van der Waals surface area (Å²) in [4.78, 5) is 35.1. The molecule has 0 bridgehead atoms. The fraction of sp³-hybridized carbons (Fsp3) is 0.258. The molecule has 1 saturated heterocycles. The van der Waals surface area contributed by atoms with Crippen LogP contribution in [0.15, 0.2) is 86.5 Å². The van der Waals surface area contributed by atoms with Gasteiger partial charge in [-0.2, -0.15) is 0 Å². The van der Waals surface area contributed by atoms with Crippen LogP contribution in [-0.2, 0) is 14.3 Å². The van der Waals surface area contributed by atoms with Crippen LogP contribution in [0.3, 0.4) is 0 Å². The number of nitrogens with zero attached hydrogens (tertiary/aromatic N) is 3. The molecule has 0 radical (unpaired) electrons. The third-order valence-electron chi connectivity index (χ3n) is 6.99. The summed E-state index contributed by atoms with van der Waals surface area (Å²) in [6.07, 6.45) is 1.73. The molecule has 10 heteroatoms. The Morgan fingerprint density at radius 1 is 1.10 bits per heavy atom. The van der Waals surface area contributed by atoms with E-state index in [1.54, 1.807) is 24.7 Å². The van der Waals surface area contributed by atoms with Gasteiger partial charge in [0, 0.05) is 30.8 Å². The molecule has 2 aromatic carbocycles. The Labute approximate surface area is 240 Å². The maximum atomic E-state index is 14.0. The summed E-state index contributed by atoms with van der Waals surface area (Å²) in [7, 11) is 1.58. The van der Waals surface area contributed by atoms with Gasteiger partial charge in [0.2, 0.25) is 0 Å². The third kappa shape index (κ3) is 5.23. The fourth-order valence-corrected chi connectivity index (χ4v) is 6.05. The second kappa shape index (κ2) is 11.6. The average molecular weight is 572 g/mol. The van der Waals surface area contributed by atoms with Crippen LogP contribution in [0.4, 0.5) is 5.88 Å². The molecule has 0 aliphatic carbocycles. The lowest BCUT2D eigenvalue weighted by atomic mass is 9.93. The quantitative estimate of drug-likeness (QED) is 0.314. The highest BCUT2D eigenvalue weighted by atomic mass is 32.1. The molecule has 0 amide bonds. The molecule has 0 spiro atoms. The lowest BCUT2D eigenvalue weighted by Crippen LogP contribution is -2.40. The smallest absolute Gasteiger partial charge is 0.338 e. The molecule has 4 heterocycles. The summed E-state index contributed by atoms with van der Waals surface area (Å²) in [5, 5.41) is 0. The number of fused-ring (bicyclic) bond motifs is 1. The van der Waals surface area contributed by atoms with E-state index in [0.717, 1.165) is 24.5 Å². The Bertz CT molecular complexity index is 1780. The Hall–Kier alpha value is -4.41. The summed E-state index contributed by atoms with van der Waals surface area (Å²) < 4.78 is 24.5. The monoisotopic (exact) mass is 571 g/mol. The first kappa shape index (κ1) is 26.8. The van der Waals surface area contributed by atoms with Crippen molar-refractivity contribution in [1.29, 1.82) is 0 Å². The third-order valence-corrected chi connectivity index (χ3v) is 7.97. The Morgan fingerprint density at radius 2 is 1.90 bits per heavy atom. The highest BCUT2D eigenvalue weighted by molar-refractivity contribution is 7.07. The van der Waals surface area contributed by atoms with Crippen LogP contribution in [0, 0.1) is 0 Å². The number of methoxy groups -OCH3 is 1. The van der Waals surface area contributed by atoms with Crippen molar-refractivity contribution in [3.63, 3.8) is 0 Å². The van der Waals surface area contributed by atoms with Crippen molar-refractivity contribution in [2.45, 2.75) is 13.0 Å². The van der Waals surface area contributed by atoms with Gasteiger partial charge < -0.3 is 23.5 Å². The fourth-order valence-electron chi connectivity index (χ4n) is 5.07. The zero-order valence-corrected chi connectivity index (χ0v) is 23.6. The van der Waals surface area contributed by atoms with Gasteiger partial charge in [0.15, 0.2) is 10.7 Å². The number of benzene rings is 2. The molecule has 6 rings (SSSR count). The highest BCUT2D eigenvalue weighted by Crippen LogP contribution is 2.36. The van der Waals surface area contributed by atoms with Gasteiger partial charge in [0.1, 0.15) is 11.5 Å². The summed E-state index contributed by atoms with van der Waals surface area (Å²) in [5.74, 6) is 1.37. The van der Waals surface area contributed by atoms with Crippen LogP contribution in [0.2, 0.25) is 0 Å². The van der Waals surface area contributed by atoms with E-state index < -0.39 is 12.0 Å². The van der Waals surface area contributed by atoms with E-state index in [1.807, 2.05) is 66.7 Å². The predicted octanol–water partition coefficient (Wildman–Crippen LogP) is 3.37. The first-order valence-corrected chi connectivity index (χ1v) is 14.2. The van der Waals surface area contributed by atoms with E-state index in [9.17, 15) is 9.59 Å². The van der Waals surface area contributed by atoms with Crippen molar-refractivity contribution < 1.29 is 23.4 Å². The summed E-state index contributed by atoms with van der Waals surface area (Å²) in [6, 6.07) is 19.8. The van der Waals surface area contributed by atoms with Crippen molar-refractivity contribution in [3.05, 3.63) is 109 Å². The average Bonchev–Trinajstić information content (AvgIpc) is 3.61. The van der Waals surface area contributed by atoms with E-state index in [1.165, 1.54) is 11.3 Å². The van der Waals surface area contributed by atoms with E-state index in [0.29, 0.717) is 45.3 Å². The zero-order valence-electron chi connectivity index (χ0n) is 22.7. The van der Waals surface area contributed by atoms with Crippen molar-refractivity contribution >= 4 is 35.0 Å². The molecule has 210 valence electrons. The number of ether oxygens (including phenoxy) is 3. The van der Waals surface area contributed by atoms with Gasteiger partial charge in [-0.1, -0.05) is 53.8 Å². The first-order valence-electron chi connectivity index (χ1n) is 13.4. The van der Waals surface area contributed by atoms with E-state index in [-0.39, 0.29) is 17.7 Å². The van der Waals surface area contributed by atoms with E-state index >= 15 is 0 Å². The van der Waals surface area contributed by atoms with Gasteiger partial charge in [-0.15, -0.1) is 0 Å². The van der Waals surface area contributed by atoms with Crippen molar-refractivity contribution in [3.8, 4) is 5.75 Å². The molecule has 4 aromatic rings. The highest BCUT2D eigenvalue weighted by Gasteiger charge is 2.35. The van der Waals surface area contributed by atoms with Crippen LogP contribution in [0.5, 0.6) is 5.75 Å². The molecular weight excluding hydrogens is 542 g/mol. The second-order valence-electron chi connectivity index (χ2n) is 9.48. The topological polar surface area (TPSA) is 95.5 Å². The molecular formula is C31H29N3O6S. The van der Waals surface area contributed by atoms with Crippen LogP contribution < -0.4 is 24.5 Å². The molecule has 41 heavy (non-hydrogen) atoms. The Morgan fingerprint density at radius 3 is 2.66 bits per heavy atom. The van der Waals surface area contributed by atoms with Crippen LogP contribution in [0.1, 0.15) is 29.9 Å². The molecule has 2 aliphatic rings. The largest absolute Gasteiger partial charge is 0.497 e. The molecule has 2 aromatic heterocycles. The van der Waals surface area contributed by atoms with Crippen molar-refractivity contribution in [2.24, 2.45) is 4.99 Å². The molecule has 2 aliphatic heterocycles. The lowest BCUT2D eigenvalue weighted by molar-refractivity contribution is -0.138. The summed E-state index contributed by atoms with van der Waals surface area (Å²) in [5.41, 5.74) is 1.94. The van der Waals surface area contributed by atoms with Gasteiger partial charge in [0.05, 0.1) is 48.8 Å². The van der Waals surface area contributed by atoms with Crippen molar-refractivity contribution in [1.82, 2.24) is 4.57 Å². The molecule has 0 N–H and O–H groups in total. The number of carbonyl (C=O) groups excluding carboxylic acids is 1. The van der Waals surface area contributed by atoms with E-state index in [4.69, 9.17) is 23.6 Å². The number of aromatic nitrogens is 1. The number of morpholine rings is 1. The SMILES string of the molecule is CCOC(=O)C1=C(c2ccccc2)N=c2s/c(=C/c3ccc(N4CCOCC4)o3)c(=O)n2[C@@H]1c1cccc(OC)c1. The first-order chi connectivity index (χ1) is 20.1. The second-order valence-corrected chi connectivity index (χ2v) is 10.5. The number of thiazole rings is 1. The number of hydrogen-bond acceptors (Lipinski definition) is 9.